The lowest BCUT2D eigenvalue weighted by Crippen LogP contribution is -2.42. The molecular weight excluding hydrogens is 276 g/mol. The molecule has 0 spiro atoms. The van der Waals surface area contributed by atoms with E-state index in [0.29, 0.717) is 10.8 Å². The van der Waals surface area contributed by atoms with Crippen molar-refractivity contribution in [3.8, 4) is 0 Å². The van der Waals surface area contributed by atoms with E-state index in [9.17, 15) is 4.79 Å². The highest BCUT2D eigenvalue weighted by Gasteiger charge is 2.28. The van der Waals surface area contributed by atoms with Crippen LogP contribution in [0.2, 0.25) is 5.15 Å². The second-order valence-electron chi connectivity index (χ2n) is 5.49. The molecule has 0 atom stereocenters. The van der Waals surface area contributed by atoms with E-state index in [-0.39, 0.29) is 5.91 Å². The maximum Gasteiger partial charge on any atom is 0.274 e. The van der Waals surface area contributed by atoms with Crippen molar-refractivity contribution in [3.05, 3.63) is 23.2 Å². The minimum absolute atomic E-state index is 0.0374. The summed E-state index contributed by atoms with van der Waals surface area (Å²) in [5.74, 6) is -0.0374. The minimum Gasteiger partial charge on any atom is -0.336 e. The molecule has 2 heterocycles. The minimum atomic E-state index is -0.0374. The fourth-order valence-electron chi connectivity index (χ4n) is 2.84. The van der Waals surface area contributed by atoms with Gasteiger partial charge in [-0.05, 0) is 19.3 Å². The maximum atomic E-state index is 12.4. The van der Waals surface area contributed by atoms with E-state index in [4.69, 9.17) is 11.6 Å². The van der Waals surface area contributed by atoms with E-state index in [1.807, 2.05) is 4.90 Å². The standard InChI is InChI=1S/C14H19ClN4O/c15-13-10-16-12(9-17-13)14(20)19-6-2-5-18(7-8-19)11-3-1-4-11/h9-11H,1-8H2. The van der Waals surface area contributed by atoms with E-state index >= 15 is 0 Å². The van der Waals surface area contributed by atoms with E-state index in [2.05, 4.69) is 14.9 Å². The van der Waals surface area contributed by atoms with E-state index in [0.717, 1.165) is 38.6 Å². The topological polar surface area (TPSA) is 49.3 Å². The Balaban J connectivity index is 1.62. The fraction of sp³-hybridized carbons (Fsp3) is 0.643. The number of carbonyl (C=O) groups excluding carboxylic acids is 1. The third-order valence-corrected chi connectivity index (χ3v) is 4.44. The summed E-state index contributed by atoms with van der Waals surface area (Å²) in [5, 5.41) is 0.313. The van der Waals surface area contributed by atoms with Gasteiger partial charge in [0, 0.05) is 32.2 Å². The molecule has 20 heavy (non-hydrogen) atoms. The van der Waals surface area contributed by atoms with Gasteiger partial charge in [0.1, 0.15) is 10.8 Å². The highest BCUT2D eigenvalue weighted by Crippen LogP contribution is 2.25. The van der Waals surface area contributed by atoms with Crippen molar-refractivity contribution < 1.29 is 4.79 Å². The Morgan fingerprint density at radius 2 is 1.95 bits per heavy atom. The molecule has 0 radical (unpaired) electrons. The number of aromatic nitrogens is 2. The zero-order valence-electron chi connectivity index (χ0n) is 11.5. The average Bonchev–Trinajstić information content (AvgIpc) is 2.63. The molecule has 3 rings (SSSR count). The van der Waals surface area contributed by atoms with Crippen LogP contribution in [-0.4, -0.2) is 57.9 Å². The number of rotatable bonds is 2. The van der Waals surface area contributed by atoms with Crippen LogP contribution in [0.15, 0.2) is 12.4 Å². The summed E-state index contributed by atoms with van der Waals surface area (Å²) in [5.41, 5.74) is 0.381. The van der Waals surface area contributed by atoms with Gasteiger partial charge in [-0.15, -0.1) is 0 Å². The SMILES string of the molecule is O=C(c1cnc(Cl)cn1)N1CCCN(C2CCC2)CC1. The highest BCUT2D eigenvalue weighted by atomic mass is 35.5. The molecule has 0 N–H and O–H groups in total. The molecular formula is C14H19ClN4O. The Bertz CT molecular complexity index is 475. The van der Waals surface area contributed by atoms with Gasteiger partial charge in [-0.25, -0.2) is 9.97 Å². The molecule has 1 aliphatic heterocycles. The second-order valence-corrected chi connectivity index (χ2v) is 5.88. The Morgan fingerprint density at radius 1 is 1.10 bits per heavy atom. The Hall–Kier alpha value is -1.20. The van der Waals surface area contributed by atoms with Crippen molar-refractivity contribution in [1.29, 1.82) is 0 Å². The summed E-state index contributed by atoms with van der Waals surface area (Å²) >= 11 is 5.70. The largest absolute Gasteiger partial charge is 0.336 e. The molecule has 108 valence electrons. The molecule has 1 saturated carbocycles. The molecule has 5 nitrogen and oxygen atoms in total. The van der Waals surface area contributed by atoms with Crippen molar-refractivity contribution >= 4 is 17.5 Å². The zero-order chi connectivity index (χ0) is 13.9. The molecule has 1 aliphatic carbocycles. The van der Waals surface area contributed by atoms with Crippen molar-refractivity contribution in [2.24, 2.45) is 0 Å². The van der Waals surface area contributed by atoms with Gasteiger partial charge in [0.05, 0.1) is 12.4 Å². The molecule has 0 unspecified atom stereocenters. The Kier molecular flexibility index (Phi) is 4.17. The predicted molar refractivity (Wildman–Crippen MR) is 76.8 cm³/mol. The summed E-state index contributed by atoms with van der Waals surface area (Å²) in [6, 6.07) is 0.750. The number of hydrogen-bond donors (Lipinski definition) is 0. The van der Waals surface area contributed by atoms with Gasteiger partial charge in [-0.2, -0.15) is 0 Å². The van der Waals surface area contributed by atoms with Crippen molar-refractivity contribution in [3.63, 3.8) is 0 Å². The quantitative estimate of drug-likeness (QED) is 0.835. The van der Waals surface area contributed by atoms with Gasteiger partial charge in [0.2, 0.25) is 0 Å². The molecule has 1 saturated heterocycles. The summed E-state index contributed by atoms with van der Waals surface area (Å²) in [6.45, 7) is 3.64. The number of nitrogens with zero attached hydrogens (tertiary/aromatic N) is 4. The zero-order valence-corrected chi connectivity index (χ0v) is 12.2. The Morgan fingerprint density at radius 3 is 2.60 bits per heavy atom. The predicted octanol–water partition coefficient (Wildman–Crippen LogP) is 1.83. The molecule has 2 aliphatic rings. The monoisotopic (exact) mass is 294 g/mol. The molecule has 2 fully saturated rings. The van der Waals surface area contributed by atoms with E-state index in [1.165, 1.54) is 31.7 Å². The smallest absolute Gasteiger partial charge is 0.274 e. The van der Waals surface area contributed by atoms with Gasteiger partial charge in [0.15, 0.2) is 0 Å². The normalized spacial score (nSPS) is 21.4. The number of hydrogen-bond acceptors (Lipinski definition) is 4. The summed E-state index contributed by atoms with van der Waals surface area (Å²) in [7, 11) is 0. The lowest BCUT2D eigenvalue weighted by atomic mass is 9.91. The van der Waals surface area contributed by atoms with Crippen LogP contribution in [0.1, 0.15) is 36.2 Å². The Labute approximate surface area is 123 Å². The summed E-state index contributed by atoms with van der Waals surface area (Å²) in [4.78, 5) is 24.8. The molecule has 1 amide bonds. The molecule has 0 bridgehead atoms. The van der Waals surface area contributed by atoms with Gasteiger partial charge in [-0.3, -0.25) is 9.69 Å². The van der Waals surface area contributed by atoms with Crippen molar-refractivity contribution in [1.82, 2.24) is 19.8 Å². The van der Waals surface area contributed by atoms with Crippen LogP contribution in [0.4, 0.5) is 0 Å². The average molecular weight is 295 g/mol. The van der Waals surface area contributed by atoms with Crippen LogP contribution in [0.5, 0.6) is 0 Å². The summed E-state index contributed by atoms with van der Waals surface area (Å²) in [6.07, 6.45) is 7.90. The van der Waals surface area contributed by atoms with Crippen LogP contribution in [0, 0.1) is 0 Å². The molecule has 1 aromatic rings. The first-order chi connectivity index (χ1) is 9.74. The van der Waals surface area contributed by atoms with Crippen molar-refractivity contribution in [2.45, 2.75) is 31.7 Å². The lowest BCUT2D eigenvalue weighted by Gasteiger charge is -2.36. The van der Waals surface area contributed by atoms with Crippen molar-refractivity contribution in [2.75, 3.05) is 26.2 Å². The van der Waals surface area contributed by atoms with Gasteiger partial charge in [-0.1, -0.05) is 18.0 Å². The fourth-order valence-corrected chi connectivity index (χ4v) is 2.94. The van der Waals surface area contributed by atoms with Gasteiger partial charge < -0.3 is 4.90 Å². The number of halogens is 1. The third-order valence-electron chi connectivity index (χ3n) is 4.25. The van der Waals surface area contributed by atoms with Crippen LogP contribution < -0.4 is 0 Å². The first kappa shape index (κ1) is 13.8. The second kappa shape index (κ2) is 6.06. The molecule has 1 aromatic heterocycles. The van der Waals surface area contributed by atoms with Crippen LogP contribution >= 0.6 is 11.6 Å². The maximum absolute atomic E-state index is 12.4. The summed E-state index contributed by atoms with van der Waals surface area (Å²) < 4.78 is 0. The van der Waals surface area contributed by atoms with Crippen LogP contribution in [0.25, 0.3) is 0 Å². The first-order valence-corrected chi connectivity index (χ1v) is 7.63. The number of amides is 1. The molecule has 6 heteroatoms. The van der Waals surface area contributed by atoms with E-state index in [1.54, 1.807) is 0 Å². The third kappa shape index (κ3) is 2.94. The number of carbonyl (C=O) groups is 1. The molecule has 0 aromatic carbocycles. The lowest BCUT2D eigenvalue weighted by molar-refractivity contribution is 0.0743. The first-order valence-electron chi connectivity index (χ1n) is 7.25. The highest BCUT2D eigenvalue weighted by molar-refractivity contribution is 6.29. The van der Waals surface area contributed by atoms with E-state index < -0.39 is 0 Å². The van der Waals surface area contributed by atoms with Gasteiger partial charge >= 0.3 is 0 Å². The van der Waals surface area contributed by atoms with Crippen LogP contribution in [0.3, 0.4) is 0 Å². The van der Waals surface area contributed by atoms with Crippen LogP contribution in [-0.2, 0) is 0 Å². The van der Waals surface area contributed by atoms with Gasteiger partial charge in [0.25, 0.3) is 5.91 Å².